The Morgan fingerprint density at radius 1 is 1.00 bits per heavy atom. The number of amides is 5. The summed E-state index contributed by atoms with van der Waals surface area (Å²) < 4.78 is 53.7. The summed E-state index contributed by atoms with van der Waals surface area (Å²) in [5.74, 6) is -2.80. The van der Waals surface area contributed by atoms with Crippen LogP contribution in [0.1, 0.15) is 86.8 Å². The first-order chi connectivity index (χ1) is 25.8. The van der Waals surface area contributed by atoms with Crippen molar-refractivity contribution < 1.29 is 46.4 Å². The highest BCUT2D eigenvalue weighted by atomic mass is 31.2. The Morgan fingerprint density at radius 2 is 1.70 bits per heavy atom. The van der Waals surface area contributed by atoms with E-state index in [1.807, 2.05) is 30.3 Å². The van der Waals surface area contributed by atoms with Gasteiger partial charge in [-0.25, -0.2) is 0 Å². The molecule has 2 aliphatic rings. The molecule has 5 amide bonds. The average molecular weight is 773 g/mol. The number of nitrogens with zero attached hydrogens (tertiary/aromatic N) is 1. The SMILES string of the molecule is CCOP(=O)(OCC)C(F)(F)c1ccc2[nH]c(C(=O)N[C@H]3CCCCC4CC[C@@H](C(=O)N[C@@H](CCC(N)=O)C(=O)NCc5ccccc5)N4C3=O)cc2c1. The lowest BCUT2D eigenvalue weighted by molar-refractivity contribution is -0.143. The molecule has 0 saturated carbocycles. The van der Waals surface area contributed by atoms with Crippen LogP contribution in [0, 0.1) is 0 Å². The number of benzene rings is 2. The number of primary amides is 1. The second-order valence-corrected chi connectivity index (χ2v) is 15.5. The molecule has 14 nitrogen and oxygen atoms in total. The van der Waals surface area contributed by atoms with Crippen LogP contribution in [-0.2, 0) is 45.0 Å². The molecule has 2 saturated heterocycles. The van der Waals surface area contributed by atoms with Gasteiger partial charge in [0.2, 0.25) is 23.6 Å². The van der Waals surface area contributed by atoms with E-state index in [0.717, 1.165) is 24.1 Å². The fraction of sp³-hybridized carbons (Fsp3) is 0.486. The summed E-state index contributed by atoms with van der Waals surface area (Å²) in [7, 11) is -4.86. The molecule has 6 N–H and O–H groups in total. The van der Waals surface area contributed by atoms with Gasteiger partial charge in [-0.15, -0.1) is 0 Å². The van der Waals surface area contributed by atoms with E-state index in [0.29, 0.717) is 37.6 Å². The van der Waals surface area contributed by atoms with Crippen LogP contribution in [0.3, 0.4) is 0 Å². The minimum Gasteiger partial charge on any atom is -0.370 e. The van der Waals surface area contributed by atoms with E-state index in [9.17, 15) is 28.5 Å². The Hall–Kier alpha value is -4.66. The van der Waals surface area contributed by atoms with Gasteiger partial charge in [0.15, 0.2) is 0 Å². The third kappa shape index (κ3) is 9.16. The molecule has 4 atom stereocenters. The predicted octanol–water partition coefficient (Wildman–Crippen LogP) is 4.58. The minimum atomic E-state index is -4.86. The summed E-state index contributed by atoms with van der Waals surface area (Å²) in [6, 6.07) is 10.8. The normalized spacial score (nSPS) is 19.7. The second-order valence-electron chi connectivity index (χ2n) is 13.4. The van der Waals surface area contributed by atoms with Crippen LogP contribution in [0.2, 0.25) is 0 Å². The fourth-order valence-electron chi connectivity index (χ4n) is 7.03. The molecule has 0 aliphatic carbocycles. The van der Waals surface area contributed by atoms with Crippen molar-refractivity contribution in [2.24, 2.45) is 5.73 Å². The summed E-state index contributed by atoms with van der Waals surface area (Å²) in [5, 5.41) is 8.53. The van der Waals surface area contributed by atoms with E-state index in [1.165, 1.54) is 30.9 Å². The zero-order valence-corrected chi connectivity index (χ0v) is 31.2. The first-order valence-electron chi connectivity index (χ1n) is 18.2. The van der Waals surface area contributed by atoms with Gasteiger partial charge in [-0.3, -0.25) is 28.5 Å². The first kappa shape index (κ1) is 40.5. The van der Waals surface area contributed by atoms with Gasteiger partial charge in [0.1, 0.15) is 23.8 Å². The maximum Gasteiger partial charge on any atom is 0.404 e. The van der Waals surface area contributed by atoms with E-state index in [1.54, 1.807) is 0 Å². The Bertz CT molecular complexity index is 1880. The van der Waals surface area contributed by atoms with Gasteiger partial charge in [-0.05, 0) is 69.7 Å². The molecule has 3 aromatic rings. The highest BCUT2D eigenvalue weighted by molar-refractivity contribution is 7.54. The van der Waals surface area contributed by atoms with Crippen LogP contribution in [0.15, 0.2) is 54.6 Å². The van der Waals surface area contributed by atoms with Gasteiger partial charge >= 0.3 is 13.3 Å². The van der Waals surface area contributed by atoms with Crippen molar-refractivity contribution in [3.8, 4) is 0 Å². The molecule has 2 aliphatic heterocycles. The number of nitrogens with two attached hydrogens (primary N) is 1. The topological polar surface area (TPSA) is 202 Å². The highest BCUT2D eigenvalue weighted by Gasteiger charge is 2.55. The molecule has 0 radical (unpaired) electrons. The van der Waals surface area contributed by atoms with Crippen molar-refractivity contribution >= 4 is 48.0 Å². The zero-order valence-electron chi connectivity index (χ0n) is 30.3. The lowest BCUT2D eigenvalue weighted by Gasteiger charge is -2.35. The molecule has 5 rings (SSSR count). The van der Waals surface area contributed by atoms with Crippen LogP contribution < -0.4 is 21.7 Å². The van der Waals surface area contributed by atoms with Crippen LogP contribution >= 0.6 is 7.60 Å². The molecular weight excluding hydrogens is 725 g/mol. The largest absolute Gasteiger partial charge is 0.404 e. The number of carbonyl (C=O) groups is 5. The molecule has 0 bridgehead atoms. The molecule has 2 aromatic carbocycles. The quantitative estimate of drug-likeness (QED) is 0.130. The molecule has 2 fully saturated rings. The first-order valence-corrected chi connectivity index (χ1v) is 19.8. The molecule has 1 aromatic heterocycles. The van der Waals surface area contributed by atoms with E-state index < -0.39 is 66.5 Å². The number of hydrogen-bond donors (Lipinski definition) is 5. The number of aromatic nitrogens is 1. The maximum atomic E-state index is 15.5. The monoisotopic (exact) mass is 772 g/mol. The van der Waals surface area contributed by atoms with Crippen molar-refractivity contribution in [1.82, 2.24) is 25.8 Å². The van der Waals surface area contributed by atoms with Crippen molar-refractivity contribution in [2.45, 2.75) is 102 Å². The number of rotatable bonds is 16. The van der Waals surface area contributed by atoms with Gasteiger partial charge in [0.25, 0.3) is 5.91 Å². The molecule has 292 valence electrons. The van der Waals surface area contributed by atoms with Gasteiger partial charge in [0, 0.05) is 35.5 Å². The predicted molar refractivity (Wildman–Crippen MR) is 195 cm³/mol. The molecule has 17 heteroatoms. The Kier molecular flexibility index (Phi) is 13.2. The Labute approximate surface area is 311 Å². The number of aromatic amines is 1. The van der Waals surface area contributed by atoms with Gasteiger partial charge in [0.05, 0.1) is 13.2 Å². The smallest absolute Gasteiger partial charge is 0.370 e. The molecule has 3 heterocycles. The maximum absolute atomic E-state index is 15.5. The zero-order chi connectivity index (χ0) is 39.0. The van der Waals surface area contributed by atoms with E-state index >= 15 is 8.78 Å². The van der Waals surface area contributed by atoms with E-state index in [2.05, 4.69) is 20.9 Å². The number of alkyl halides is 2. The van der Waals surface area contributed by atoms with Crippen molar-refractivity contribution in [1.29, 1.82) is 0 Å². The van der Waals surface area contributed by atoms with Gasteiger partial charge in [-0.2, -0.15) is 8.78 Å². The van der Waals surface area contributed by atoms with Gasteiger partial charge < -0.3 is 40.6 Å². The van der Waals surface area contributed by atoms with Crippen LogP contribution in [-0.4, -0.2) is 76.8 Å². The summed E-state index contributed by atoms with van der Waals surface area (Å²) in [5.41, 5.74) is 1.96. The molecule has 0 spiro atoms. The van der Waals surface area contributed by atoms with Crippen molar-refractivity contribution in [3.63, 3.8) is 0 Å². The minimum absolute atomic E-state index is 0.00389. The fourth-order valence-corrected chi connectivity index (χ4v) is 8.56. The van der Waals surface area contributed by atoms with E-state index in [4.69, 9.17) is 14.8 Å². The number of carbonyl (C=O) groups excluding carboxylic acids is 5. The number of fused-ring (bicyclic) bond motifs is 2. The third-order valence-corrected chi connectivity index (χ3v) is 11.9. The van der Waals surface area contributed by atoms with Crippen molar-refractivity contribution in [3.05, 3.63) is 71.4 Å². The summed E-state index contributed by atoms with van der Waals surface area (Å²) in [6.07, 6.45) is 3.05. The number of halogens is 2. The van der Waals surface area contributed by atoms with Gasteiger partial charge in [-0.1, -0.05) is 49.2 Å². The summed E-state index contributed by atoms with van der Waals surface area (Å²) in [6.45, 7) is 2.56. The van der Waals surface area contributed by atoms with Crippen LogP contribution in [0.25, 0.3) is 10.9 Å². The summed E-state index contributed by atoms with van der Waals surface area (Å²) in [4.78, 5) is 70.6. The second kappa shape index (κ2) is 17.7. The number of hydrogen-bond acceptors (Lipinski definition) is 8. The molecule has 54 heavy (non-hydrogen) atoms. The summed E-state index contributed by atoms with van der Waals surface area (Å²) >= 11 is 0. The molecular formula is C37H47F2N6O8P. The number of H-pyrrole nitrogens is 1. The number of nitrogens with one attached hydrogen (secondary N) is 4. The van der Waals surface area contributed by atoms with E-state index in [-0.39, 0.29) is 49.7 Å². The average Bonchev–Trinajstić information content (AvgIpc) is 3.77. The Morgan fingerprint density at radius 3 is 2.39 bits per heavy atom. The lowest BCUT2D eigenvalue weighted by atomic mass is 9.98. The lowest BCUT2D eigenvalue weighted by Crippen LogP contribution is -2.58. The van der Waals surface area contributed by atoms with Crippen LogP contribution in [0.4, 0.5) is 8.78 Å². The third-order valence-electron chi connectivity index (χ3n) is 9.72. The Balaban J connectivity index is 1.30. The molecule has 1 unspecified atom stereocenters. The van der Waals surface area contributed by atoms with Crippen LogP contribution in [0.5, 0.6) is 0 Å². The standard InChI is InChI=1S/C37H47F2N6O8P/c1-3-52-54(51,53-4-2)37(38,39)25-14-16-27-24(20-25)21-30(42-27)34(48)44-29-13-9-8-12-26-15-18-31(45(26)36(29)50)35(49)43-28(17-19-32(40)46)33(47)41-22-23-10-6-5-7-11-23/h5-7,10-11,14,16,20-21,26,28-29,31,42H,3-4,8-9,12-13,15,17-19,22H2,1-2H3,(H2,40,46)(H,41,47)(H,43,49)(H,44,48)/t26?,28-,29-,31-/m0/s1. The highest BCUT2D eigenvalue weighted by Crippen LogP contribution is 2.66. The van der Waals surface area contributed by atoms with Crippen molar-refractivity contribution in [2.75, 3.05) is 13.2 Å².